The molecule has 1 aliphatic heterocycles. The number of carbonyl (C=O) groups is 2. The number of aliphatic imine (C=N–C) groups is 1. The third-order valence-corrected chi connectivity index (χ3v) is 4.58. The molecular formula is C22H18Cl2N6O2. The summed E-state index contributed by atoms with van der Waals surface area (Å²) < 4.78 is 0. The second-order valence-electron chi connectivity index (χ2n) is 6.25. The van der Waals surface area contributed by atoms with Crippen LogP contribution in [-0.4, -0.2) is 35.0 Å². The van der Waals surface area contributed by atoms with Crippen LogP contribution >= 0.6 is 23.2 Å². The first kappa shape index (κ1) is 22.9. The van der Waals surface area contributed by atoms with Crippen LogP contribution in [0.2, 0.25) is 10.3 Å². The Morgan fingerprint density at radius 2 is 1.81 bits per heavy atom. The first-order valence-corrected chi connectivity index (χ1v) is 10.1. The summed E-state index contributed by atoms with van der Waals surface area (Å²) in [6.45, 7) is 0. The molecule has 2 heterocycles. The van der Waals surface area contributed by atoms with E-state index in [-0.39, 0.29) is 17.1 Å². The number of nitrogens with one attached hydrogen (secondary N) is 3. The van der Waals surface area contributed by atoms with Crippen molar-refractivity contribution in [2.45, 2.75) is 0 Å². The molecule has 10 heteroatoms. The van der Waals surface area contributed by atoms with Crippen molar-refractivity contribution in [3.8, 4) is 0 Å². The number of carbonyl (C=O) groups excluding carboxylic acids is 2. The van der Waals surface area contributed by atoms with Crippen molar-refractivity contribution in [2.24, 2.45) is 4.99 Å². The Hall–Kier alpha value is -3.75. The Bertz CT molecular complexity index is 1200. The van der Waals surface area contributed by atoms with Gasteiger partial charge < -0.3 is 16.0 Å². The van der Waals surface area contributed by atoms with Crippen LogP contribution in [0.1, 0.15) is 15.9 Å². The second-order valence-corrected chi connectivity index (χ2v) is 6.99. The highest BCUT2D eigenvalue weighted by molar-refractivity contribution is 6.33. The van der Waals surface area contributed by atoms with Crippen LogP contribution in [0.25, 0.3) is 0 Å². The van der Waals surface area contributed by atoms with Crippen molar-refractivity contribution >= 4 is 58.4 Å². The van der Waals surface area contributed by atoms with Crippen LogP contribution in [0.5, 0.6) is 0 Å². The number of hydrogen-bond acceptors (Lipinski definition) is 6. The van der Waals surface area contributed by atoms with Gasteiger partial charge in [0, 0.05) is 36.8 Å². The second kappa shape index (κ2) is 11.0. The quantitative estimate of drug-likeness (QED) is 0.489. The van der Waals surface area contributed by atoms with Crippen molar-refractivity contribution in [3.63, 3.8) is 0 Å². The number of anilines is 3. The summed E-state index contributed by atoms with van der Waals surface area (Å²) in [7, 11) is 1.56. The molecule has 32 heavy (non-hydrogen) atoms. The predicted molar refractivity (Wildman–Crippen MR) is 127 cm³/mol. The molecule has 1 aliphatic rings. The number of hydrogen-bond donors (Lipinski definition) is 3. The van der Waals surface area contributed by atoms with Gasteiger partial charge in [-0.3, -0.25) is 9.59 Å². The Kier molecular flexibility index (Phi) is 7.91. The van der Waals surface area contributed by atoms with E-state index in [2.05, 4.69) is 30.9 Å². The number of halogens is 2. The van der Waals surface area contributed by atoms with Crippen LogP contribution in [0.15, 0.2) is 72.0 Å². The average molecular weight is 469 g/mol. The van der Waals surface area contributed by atoms with Gasteiger partial charge in [-0.25, -0.2) is 9.98 Å². The Balaban J connectivity index is 0.000000193. The molecule has 8 nitrogen and oxygen atoms in total. The standard InChI is InChI=1S/C12H10Cl2N4O.C10H8N2O/c1-15-11(19)7-4-2-3-5-9(7)17-10-8(13)6-16-12(14)18-10;13-10-5-6-11-9-4-2-1-3-8(9)7-12-10/h2-6H,1H3,(H,15,19)(H,16,17,18);1-7,11H/b;6-5-,12-7?. The lowest BCUT2D eigenvalue weighted by Gasteiger charge is -2.11. The first-order chi connectivity index (χ1) is 15.5. The maximum absolute atomic E-state index is 11.7. The molecule has 3 N–H and O–H groups in total. The number of nitrogens with zero attached hydrogens (tertiary/aromatic N) is 3. The van der Waals surface area contributed by atoms with Gasteiger partial charge in [-0.15, -0.1) is 0 Å². The molecule has 1 aromatic heterocycles. The molecule has 0 bridgehead atoms. The molecule has 0 radical (unpaired) electrons. The maximum atomic E-state index is 11.7. The SMILES string of the molecule is CNC(=O)c1ccccc1Nc1nc(Cl)ncc1Cl.O=C1/C=C\Nc2ccccc2C=N1. The molecule has 2 amide bonds. The summed E-state index contributed by atoms with van der Waals surface area (Å²) in [5, 5.41) is 8.92. The fraction of sp³-hybridized carbons (Fsp3) is 0.0455. The van der Waals surface area contributed by atoms with E-state index in [0.29, 0.717) is 22.1 Å². The van der Waals surface area contributed by atoms with E-state index >= 15 is 0 Å². The fourth-order valence-electron chi connectivity index (χ4n) is 2.61. The predicted octanol–water partition coefficient (Wildman–Crippen LogP) is 4.46. The summed E-state index contributed by atoms with van der Waals surface area (Å²) in [6, 6.07) is 14.7. The van der Waals surface area contributed by atoms with Gasteiger partial charge in [0.25, 0.3) is 11.8 Å². The lowest BCUT2D eigenvalue weighted by atomic mass is 10.1. The minimum absolute atomic E-state index is 0.0734. The lowest BCUT2D eigenvalue weighted by molar-refractivity contribution is -0.113. The third-order valence-electron chi connectivity index (χ3n) is 4.12. The maximum Gasteiger partial charge on any atom is 0.271 e. The molecule has 0 unspecified atom stereocenters. The van der Waals surface area contributed by atoms with Crippen LogP contribution in [0.4, 0.5) is 17.2 Å². The molecule has 0 fully saturated rings. The van der Waals surface area contributed by atoms with Crippen molar-refractivity contribution in [1.82, 2.24) is 15.3 Å². The van der Waals surface area contributed by atoms with Crippen LogP contribution < -0.4 is 16.0 Å². The van der Waals surface area contributed by atoms with Gasteiger partial charge in [0.05, 0.1) is 17.4 Å². The van der Waals surface area contributed by atoms with Crippen molar-refractivity contribution in [2.75, 3.05) is 17.7 Å². The van der Waals surface area contributed by atoms with E-state index in [4.69, 9.17) is 23.2 Å². The summed E-state index contributed by atoms with van der Waals surface area (Å²) in [5.74, 6) is -0.112. The molecule has 2 aromatic carbocycles. The van der Waals surface area contributed by atoms with Crippen LogP contribution in [0, 0.1) is 0 Å². The number of aromatic nitrogens is 2. The number of rotatable bonds is 3. The zero-order chi connectivity index (χ0) is 22.9. The molecule has 0 saturated heterocycles. The largest absolute Gasteiger partial charge is 0.361 e. The highest BCUT2D eigenvalue weighted by Gasteiger charge is 2.11. The van der Waals surface area contributed by atoms with Crippen LogP contribution in [-0.2, 0) is 4.79 Å². The normalized spacial score (nSPS) is 12.8. The number of benzene rings is 2. The lowest BCUT2D eigenvalue weighted by Crippen LogP contribution is -2.19. The summed E-state index contributed by atoms with van der Waals surface area (Å²) in [6.07, 6.45) is 5.94. The highest BCUT2D eigenvalue weighted by atomic mass is 35.5. The van der Waals surface area contributed by atoms with E-state index in [9.17, 15) is 9.59 Å². The van der Waals surface area contributed by atoms with Crippen molar-refractivity contribution < 1.29 is 9.59 Å². The minimum atomic E-state index is -0.248. The first-order valence-electron chi connectivity index (χ1n) is 9.34. The molecule has 4 rings (SSSR count). The zero-order valence-corrected chi connectivity index (χ0v) is 18.4. The minimum Gasteiger partial charge on any atom is -0.361 e. The van der Waals surface area contributed by atoms with Crippen molar-refractivity contribution in [1.29, 1.82) is 0 Å². The molecule has 0 saturated carbocycles. The Morgan fingerprint density at radius 1 is 1.06 bits per heavy atom. The summed E-state index contributed by atoms with van der Waals surface area (Å²) >= 11 is 11.7. The van der Waals surface area contributed by atoms with Crippen molar-refractivity contribution in [3.05, 3.63) is 88.4 Å². The van der Waals surface area contributed by atoms with E-state index in [1.54, 1.807) is 43.7 Å². The topological polar surface area (TPSA) is 108 Å². The Morgan fingerprint density at radius 3 is 2.62 bits per heavy atom. The van der Waals surface area contributed by atoms with Gasteiger partial charge in [-0.2, -0.15) is 4.98 Å². The summed E-state index contributed by atoms with van der Waals surface area (Å²) in [4.78, 5) is 34.1. The van der Waals surface area contributed by atoms with Gasteiger partial charge in [0.2, 0.25) is 5.28 Å². The molecule has 0 spiro atoms. The van der Waals surface area contributed by atoms with Gasteiger partial charge in [-0.1, -0.05) is 41.9 Å². The average Bonchev–Trinajstić information content (AvgIpc) is 2.79. The number of fused-ring (bicyclic) bond motifs is 1. The highest BCUT2D eigenvalue weighted by Crippen LogP contribution is 2.25. The van der Waals surface area contributed by atoms with Gasteiger partial charge in [-0.05, 0) is 29.8 Å². The molecule has 0 aliphatic carbocycles. The van der Waals surface area contributed by atoms with E-state index in [1.807, 2.05) is 24.3 Å². The van der Waals surface area contributed by atoms with Gasteiger partial charge >= 0.3 is 0 Å². The molecule has 0 atom stereocenters. The number of amides is 2. The zero-order valence-electron chi connectivity index (χ0n) is 16.8. The van der Waals surface area contributed by atoms with Crippen LogP contribution in [0.3, 0.4) is 0 Å². The fourth-order valence-corrected chi connectivity index (χ4v) is 2.88. The van der Waals surface area contributed by atoms with E-state index < -0.39 is 0 Å². The molecule has 162 valence electrons. The van der Waals surface area contributed by atoms with Gasteiger partial charge in [0.1, 0.15) is 5.02 Å². The molecular weight excluding hydrogens is 451 g/mol. The van der Waals surface area contributed by atoms with Gasteiger partial charge in [0.15, 0.2) is 5.82 Å². The smallest absolute Gasteiger partial charge is 0.271 e. The Labute approximate surface area is 194 Å². The van der Waals surface area contributed by atoms with E-state index in [1.165, 1.54) is 12.3 Å². The third kappa shape index (κ3) is 6.13. The molecule has 3 aromatic rings. The number of para-hydroxylation sites is 2. The van der Waals surface area contributed by atoms with E-state index in [0.717, 1.165) is 11.3 Å². The summed E-state index contributed by atoms with van der Waals surface area (Å²) in [5.41, 5.74) is 2.93. The monoisotopic (exact) mass is 468 g/mol.